The van der Waals surface area contributed by atoms with Crippen molar-refractivity contribution in [1.29, 1.82) is 0 Å². The maximum Gasteiger partial charge on any atom is 0.239 e. The van der Waals surface area contributed by atoms with E-state index in [9.17, 15) is 9.59 Å². The summed E-state index contributed by atoms with van der Waals surface area (Å²) in [7, 11) is 3.49. The Labute approximate surface area is 114 Å². The highest BCUT2D eigenvalue weighted by molar-refractivity contribution is 5.82. The van der Waals surface area contributed by atoms with Gasteiger partial charge in [0.25, 0.3) is 0 Å². The summed E-state index contributed by atoms with van der Waals surface area (Å²) in [5.41, 5.74) is 5.78. The molecule has 0 saturated carbocycles. The van der Waals surface area contributed by atoms with Crippen molar-refractivity contribution in [2.45, 2.75) is 12.5 Å². The van der Waals surface area contributed by atoms with Crippen molar-refractivity contribution in [3.05, 3.63) is 12.7 Å². The highest BCUT2D eigenvalue weighted by Gasteiger charge is 2.25. The van der Waals surface area contributed by atoms with Crippen molar-refractivity contribution in [3.63, 3.8) is 0 Å². The fraction of sp³-hybridized carbons (Fsp3) is 0.692. The second kappa shape index (κ2) is 7.25. The minimum atomic E-state index is -0.493. The molecule has 1 heterocycles. The SMILES string of the molecule is C=CCC(N)C(=O)N1CCN(CC(=O)N(C)C)CC1. The van der Waals surface area contributed by atoms with Crippen molar-refractivity contribution in [3.8, 4) is 0 Å². The third-order valence-electron chi connectivity index (χ3n) is 3.28. The zero-order valence-corrected chi connectivity index (χ0v) is 11.8. The summed E-state index contributed by atoms with van der Waals surface area (Å²) in [6.07, 6.45) is 2.16. The lowest BCUT2D eigenvalue weighted by atomic mass is 10.1. The predicted molar refractivity (Wildman–Crippen MR) is 74.5 cm³/mol. The number of likely N-dealkylation sites (N-methyl/N-ethyl adjacent to an activating group) is 1. The molecule has 1 rings (SSSR count). The molecule has 1 saturated heterocycles. The molecular weight excluding hydrogens is 244 g/mol. The fourth-order valence-corrected chi connectivity index (χ4v) is 1.97. The van der Waals surface area contributed by atoms with E-state index in [1.54, 1.807) is 30.0 Å². The van der Waals surface area contributed by atoms with Crippen molar-refractivity contribution >= 4 is 11.8 Å². The summed E-state index contributed by atoms with van der Waals surface area (Å²) < 4.78 is 0. The first-order valence-corrected chi connectivity index (χ1v) is 6.53. The summed E-state index contributed by atoms with van der Waals surface area (Å²) in [5.74, 6) is 0.0571. The summed E-state index contributed by atoms with van der Waals surface area (Å²) in [5, 5.41) is 0. The second-order valence-corrected chi connectivity index (χ2v) is 5.02. The highest BCUT2D eigenvalue weighted by Crippen LogP contribution is 2.05. The molecule has 2 amide bonds. The van der Waals surface area contributed by atoms with Gasteiger partial charge >= 0.3 is 0 Å². The molecule has 0 radical (unpaired) electrons. The van der Waals surface area contributed by atoms with Gasteiger partial charge in [0.15, 0.2) is 0 Å². The summed E-state index contributed by atoms with van der Waals surface area (Å²) in [6, 6.07) is -0.493. The normalized spacial score (nSPS) is 17.9. The van der Waals surface area contributed by atoms with Crippen LogP contribution in [0.15, 0.2) is 12.7 Å². The second-order valence-electron chi connectivity index (χ2n) is 5.02. The Morgan fingerprint density at radius 1 is 1.32 bits per heavy atom. The van der Waals surface area contributed by atoms with Gasteiger partial charge in [-0.1, -0.05) is 6.08 Å². The maximum absolute atomic E-state index is 12.0. The van der Waals surface area contributed by atoms with Crippen LogP contribution in [0.2, 0.25) is 0 Å². The molecule has 19 heavy (non-hydrogen) atoms. The van der Waals surface area contributed by atoms with Gasteiger partial charge in [-0.3, -0.25) is 14.5 Å². The van der Waals surface area contributed by atoms with Gasteiger partial charge in [0, 0.05) is 40.3 Å². The Bertz CT molecular complexity index is 336. The number of carbonyl (C=O) groups is 2. The molecule has 6 nitrogen and oxygen atoms in total. The lowest BCUT2D eigenvalue weighted by Gasteiger charge is -2.35. The molecule has 2 N–H and O–H groups in total. The van der Waals surface area contributed by atoms with E-state index in [4.69, 9.17) is 5.73 Å². The summed E-state index contributed by atoms with van der Waals surface area (Å²) >= 11 is 0. The molecule has 0 aromatic carbocycles. The van der Waals surface area contributed by atoms with Crippen LogP contribution in [0.3, 0.4) is 0 Å². The number of nitrogens with two attached hydrogens (primary N) is 1. The van der Waals surface area contributed by atoms with E-state index in [2.05, 4.69) is 11.5 Å². The number of amides is 2. The molecule has 108 valence electrons. The van der Waals surface area contributed by atoms with Crippen molar-refractivity contribution < 1.29 is 9.59 Å². The summed E-state index contributed by atoms with van der Waals surface area (Å²) in [6.45, 7) is 6.69. The first-order chi connectivity index (χ1) is 8.95. The van der Waals surface area contributed by atoms with Gasteiger partial charge in [0.05, 0.1) is 12.6 Å². The van der Waals surface area contributed by atoms with Gasteiger partial charge in [0.2, 0.25) is 11.8 Å². The van der Waals surface area contributed by atoms with E-state index >= 15 is 0 Å². The lowest BCUT2D eigenvalue weighted by Crippen LogP contribution is -2.54. The van der Waals surface area contributed by atoms with Gasteiger partial charge in [-0.25, -0.2) is 0 Å². The quantitative estimate of drug-likeness (QED) is 0.658. The molecule has 1 aliphatic heterocycles. The first kappa shape index (κ1) is 15.7. The van der Waals surface area contributed by atoms with Crippen LogP contribution < -0.4 is 5.73 Å². The molecule has 1 unspecified atom stereocenters. The Morgan fingerprint density at radius 3 is 2.37 bits per heavy atom. The Hall–Kier alpha value is -1.40. The average Bonchev–Trinajstić information content (AvgIpc) is 2.39. The average molecular weight is 268 g/mol. The van der Waals surface area contributed by atoms with Crippen LogP contribution in [0.25, 0.3) is 0 Å². The van der Waals surface area contributed by atoms with Crippen LogP contribution in [0.5, 0.6) is 0 Å². The Kier molecular flexibility index (Phi) is 5.98. The molecule has 6 heteroatoms. The number of nitrogens with zero attached hydrogens (tertiary/aromatic N) is 3. The molecule has 1 fully saturated rings. The molecule has 0 bridgehead atoms. The third kappa shape index (κ3) is 4.65. The predicted octanol–water partition coefficient (Wildman–Crippen LogP) is -0.878. The standard InChI is InChI=1S/C13H24N4O2/c1-4-5-11(14)13(19)17-8-6-16(7-9-17)10-12(18)15(2)3/h4,11H,1,5-10,14H2,2-3H3. The molecule has 0 aliphatic carbocycles. The van der Waals surface area contributed by atoms with E-state index < -0.39 is 6.04 Å². The molecule has 0 spiro atoms. The minimum absolute atomic E-state index is 0.0292. The monoisotopic (exact) mass is 268 g/mol. The van der Waals surface area contributed by atoms with Gasteiger partial charge in [-0.15, -0.1) is 6.58 Å². The molecule has 1 aliphatic rings. The van der Waals surface area contributed by atoms with Crippen molar-refractivity contribution in [1.82, 2.24) is 14.7 Å². The Balaban J connectivity index is 2.38. The number of piperazine rings is 1. The molecule has 1 atom stereocenters. The van der Waals surface area contributed by atoms with Crippen molar-refractivity contribution in [2.24, 2.45) is 5.73 Å². The molecule has 0 aromatic heterocycles. The molecular formula is C13H24N4O2. The van der Waals surface area contributed by atoms with Crippen LogP contribution >= 0.6 is 0 Å². The minimum Gasteiger partial charge on any atom is -0.348 e. The van der Waals surface area contributed by atoms with E-state index in [1.165, 1.54) is 0 Å². The lowest BCUT2D eigenvalue weighted by molar-refractivity contribution is -0.135. The number of hydrogen-bond donors (Lipinski definition) is 1. The summed E-state index contributed by atoms with van der Waals surface area (Å²) in [4.78, 5) is 29.0. The van der Waals surface area contributed by atoms with E-state index in [0.29, 0.717) is 39.1 Å². The molecule has 0 aromatic rings. The van der Waals surface area contributed by atoms with Gasteiger partial charge in [-0.05, 0) is 6.42 Å². The topological polar surface area (TPSA) is 69.9 Å². The maximum atomic E-state index is 12.0. The number of rotatable bonds is 5. The van der Waals surface area contributed by atoms with Crippen LogP contribution in [-0.2, 0) is 9.59 Å². The zero-order chi connectivity index (χ0) is 14.4. The largest absolute Gasteiger partial charge is 0.348 e. The smallest absolute Gasteiger partial charge is 0.239 e. The number of carbonyl (C=O) groups excluding carboxylic acids is 2. The van der Waals surface area contributed by atoms with Crippen molar-refractivity contribution in [2.75, 3.05) is 46.8 Å². The first-order valence-electron chi connectivity index (χ1n) is 6.53. The van der Waals surface area contributed by atoms with Crippen LogP contribution in [0.4, 0.5) is 0 Å². The third-order valence-corrected chi connectivity index (χ3v) is 3.28. The highest BCUT2D eigenvalue weighted by atomic mass is 16.2. The van der Waals surface area contributed by atoms with E-state index in [-0.39, 0.29) is 11.8 Å². The van der Waals surface area contributed by atoms with Crippen LogP contribution in [0, 0.1) is 0 Å². The van der Waals surface area contributed by atoms with E-state index in [0.717, 1.165) is 0 Å². The van der Waals surface area contributed by atoms with Gasteiger partial charge in [-0.2, -0.15) is 0 Å². The Morgan fingerprint density at radius 2 is 1.89 bits per heavy atom. The van der Waals surface area contributed by atoms with E-state index in [1.807, 2.05) is 0 Å². The van der Waals surface area contributed by atoms with Gasteiger partial charge in [0.1, 0.15) is 0 Å². The fourth-order valence-electron chi connectivity index (χ4n) is 1.97. The zero-order valence-electron chi connectivity index (χ0n) is 11.8. The number of hydrogen-bond acceptors (Lipinski definition) is 4. The van der Waals surface area contributed by atoms with Crippen LogP contribution in [-0.4, -0.2) is 79.4 Å². The van der Waals surface area contributed by atoms with Gasteiger partial charge < -0.3 is 15.5 Å². The van der Waals surface area contributed by atoms with Crippen LogP contribution in [0.1, 0.15) is 6.42 Å².